The van der Waals surface area contributed by atoms with Crippen molar-refractivity contribution in [2.75, 3.05) is 29.6 Å². The quantitative estimate of drug-likeness (QED) is 0.0620. The van der Waals surface area contributed by atoms with Gasteiger partial charge in [0.2, 0.25) is 0 Å². The van der Waals surface area contributed by atoms with E-state index in [9.17, 15) is 5.11 Å². The molecule has 0 radical (unpaired) electrons. The standard InChI is InChI=1S/C50H52N2O4/c1-5-33-54-36-40-13-23-45(24-14-40)51(43-19-9-38(7-3)10-20-43)47-27-17-42(18-28-47)50(35-53)56-49-31-29-48(30-32-49)52(44-21-11-39(8-4)12-22-44)46-25-15-41(16-26-46)37-55-34-6-2/h5-6,9-32,50,53H,1-2,7-8,33-37H2,3-4H3. The van der Waals surface area contributed by atoms with E-state index < -0.39 is 6.10 Å². The predicted molar refractivity (Wildman–Crippen MR) is 231 cm³/mol. The molecule has 6 aromatic carbocycles. The van der Waals surface area contributed by atoms with Crippen LogP contribution in [0.3, 0.4) is 0 Å². The third kappa shape index (κ3) is 10.2. The summed E-state index contributed by atoms with van der Waals surface area (Å²) in [5, 5.41) is 10.5. The molecule has 6 heteroatoms. The van der Waals surface area contributed by atoms with Crippen LogP contribution >= 0.6 is 0 Å². The average Bonchev–Trinajstić information content (AvgIpc) is 3.25. The molecular weight excluding hydrogens is 693 g/mol. The highest BCUT2D eigenvalue weighted by atomic mass is 16.5. The Hall–Kier alpha value is -5.92. The number of ether oxygens (including phenoxy) is 3. The van der Waals surface area contributed by atoms with Crippen molar-refractivity contribution < 1.29 is 19.3 Å². The van der Waals surface area contributed by atoms with Crippen LogP contribution in [-0.2, 0) is 35.5 Å². The number of aliphatic hydroxyl groups excluding tert-OH is 1. The van der Waals surface area contributed by atoms with Crippen LogP contribution in [0, 0.1) is 0 Å². The van der Waals surface area contributed by atoms with Crippen molar-refractivity contribution in [1.29, 1.82) is 0 Å². The number of nitrogens with zero attached hydrogens (tertiary/aromatic N) is 2. The molecule has 0 aliphatic heterocycles. The second-order valence-electron chi connectivity index (χ2n) is 13.5. The number of aliphatic hydroxyl groups is 1. The van der Waals surface area contributed by atoms with Gasteiger partial charge in [0.25, 0.3) is 0 Å². The van der Waals surface area contributed by atoms with E-state index in [1.165, 1.54) is 11.1 Å². The number of hydrogen-bond donors (Lipinski definition) is 1. The van der Waals surface area contributed by atoms with Gasteiger partial charge in [0.15, 0.2) is 0 Å². The zero-order valence-corrected chi connectivity index (χ0v) is 32.5. The van der Waals surface area contributed by atoms with Crippen LogP contribution in [-0.4, -0.2) is 24.9 Å². The Morgan fingerprint density at radius 3 is 1.12 bits per heavy atom. The number of hydrogen-bond acceptors (Lipinski definition) is 6. The summed E-state index contributed by atoms with van der Waals surface area (Å²) in [5.41, 5.74) is 11.8. The minimum Gasteiger partial charge on any atom is -0.483 e. The smallest absolute Gasteiger partial charge is 0.147 e. The van der Waals surface area contributed by atoms with Crippen molar-refractivity contribution in [2.24, 2.45) is 0 Å². The van der Waals surface area contributed by atoms with Gasteiger partial charge < -0.3 is 29.1 Å². The van der Waals surface area contributed by atoms with Crippen LogP contribution in [0.1, 0.15) is 47.8 Å². The Balaban J connectivity index is 1.21. The third-order valence-corrected chi connectivity index (χ3v) is 9.67. The summed E-state index contributed by atoms with van der Waals surface area (Å²) < 4.78 is 17.7. The van der Waals surface area contributed by atoms with Gasteiger partial charge in [0.05, 0.1) is 33.0 Å². The van der Waals surface area contributed by atoms with Gasteiger partial charge in [-0.1, -0.05) is 86.7 Å². The Labute approximate surface area is 332 Å². The topological polar surface area (TPSA) is 54.4 Å². The normalized spacial score (nSPS) is 11.5. The fourth-order valence-electron chi connectivity index (χ4n) is 6.55. The first-order chi connectivity index (χ1) is 27.5. The van der Waals surface area contributed by atoms with Crippen LogP contribution in [0.15, 0.2) is 171 Å². The fourth-order valence-corrected chi connectivity index (χ4v) is 6.55. The maximum absolute atomic E-state index is 10.5. The van der Waals surface area contributed by atoms with Gasteiger partial charge in [-0.05, 0) is 126 Å². The minimum absolute atomic E-state index is 0.169. The lowest BCUT2D eigenvalue weighted by molar-refractivity contribution is 0.116. The highest BCUT2D eigenvalue weighted by molar-refractivity contribution is 5.78. The zero-order valence-electron chi connectivity index (χ0n) is 32.5. The van der Waals surface area contributed by atoms with Gasteiger partial charge in [-0.25, -0.2) is 0 Å². The van der Waals surface area contributed by atoms with Crippen molar-refractivity contribution in [3.63, 3.8) is 0 Å². The zero-order chi connectivity index (χ0) is 39.1. The molecule has 56 heavy (non-hydrogen) atoms. The summed E-state index contributed by atoms with van der Waals surface area (Å²) in [6, 6.07) is 50.5. The summed E-state index contributed by atoms with van der Waals surface area (Å²) in [5.74, 6) is 0.669. The molecule has 1 N–H and O–H groups in total. The molecule has 1 atom stereocenters. The first kappa shape index (κ1) is 39.8. The minimum atomic E-state index is -0.546. The molecule has 0 amide bonds. The molecule has 0 bridgehead atoms. The van der Waals surface area contributed by atoms with Gasteiger partial charge >= 0.3 is 0 Å². The van der Waals surface area contributed by atoms with Crippen LogP contribution in [0.4, 0.5) is 34.1 Å². The van der Waals surface area contributed by atoms with E-state index in [2.05, 4.69) is 158 Å². The van der Waals surface area contributed by atoms with Crippen molar-refractivity contribution in [3.05, 3.63) is 199 Å². The second kappa shape index (κ2) is 20.1. The molecule has 0 aromatic heterocycles. The second-order valence-corrected chi connectivity index (χ2v) is 13.5. The van der Waals surface area contributed by atoms with E-state index in [4.69, 9.17) is 14.2 Å². The predicted octanol–water partition coefficient (Wildman–Crippen LogP) is 12.3. The van der Waals surface area contributed by atoms with E-state index in [0.717, 1.165) is 63.7 Å². The average molecular weight is 745 g/mol. The monoisotopic (exact) mass is 744 g/mol. The van der Waals surface area contributed by atoms with Crippen LogP contribution < -0.4 is 14.5 Å². The van der Waals surface area contributed by atoms with Gasteiger partial charge in [-0.15, -0.1) is 13.2 Å². The van der Waals surface area contributed by atoms with Crippen molar-refractivity contribution in [1.82, 2.24) is 0 Å². The highest BCUT2D eigenvalue weighted by Crippen LogP contribution is 2.38. The van der Waals surface area contributed by atoms with Gasteiger partial charge in [-0.2, -0.15) is 0 Å². The molecule has 0 heterocycles. The van der Waals surface area contributed by atoms with Crippen molar-refractivity contribution in [3.8, 4) is 5.75 Å². The lowest BCUT2D eigenvalue weighted by Gasteiger charge is -2.27. The van der Waals surface area contributed by atoms with Crippen LogP contribution in [0.5, 0.6) is 5.75 Å². The van der Waals surface area contributed by atoms with Gasteiger partial charge in [-0.3, -0.25) is 0 Å². The van der Waals surface area contributed by atoms with Crippen LogP contribution in [0.2, 0.25) is 0 Å². The molecule has 6 aromatic rings. The number of aryl methyl sites for hydroxylation is 2. The maximum Gasteiger partial charge on any atom is 0.147 e. The van der Waals surface area contributed by atoms with Crippen molar-refractivity contribution in [2.45, 2.75) is 46.0 Å². The van der Waals surface area contributed by atoms with Crippen LogP contribution in [0.25, 0.3) is 0 Å². The largest absolute Gasteiger partial charge is 0.483 e. The lowest BCUT2D eigenvalue weighted by atomic mass is 10.1. The summed E-state index contributed by atoms with van der Waals surface area (Å²) in [4.78, 5) is 4.46. The number of benzene rings is 6. The SMILES string of the molecule is C=CCOCc1ccc(N(c2ccc(CC)cc2)c2ccc(OC(CO)c3ccc(N(c4ccc(CC)cc4)c4ccc(COCC=C)cc4)cc3)cc2)cc1. The molecule has 0 fully saturated rings. The number of rotatable bonds is 20. The molecular formula is C50H52N2O4. The molecule has 6 rings (SSSR count). The third-order valence-electron chi connectivity index (χ3n) is 9.67. The molecule has 1 unspecified atom stereocenters. The Bertz CT molecular complexity index is 2090. The number of anilines is 6. The molecule has 0 saturated carbocycles. The lowest BCUT2D eigenvalue weighted by Crippen LogP contribution is -2.14. The summed E-state index contributed by atoms with van der Waals surface area (Å²) in [7, 11) is 0. The van der Waals surface area contributed by atoms with E-state index in [1.54, 1.807) is 12.2 Å². The van der Waals surface area contributed by atoms with E-state index in [1.807, 2.05) is 24.3 Å². The first-order valence-corrected chi connectivity index (χ1v) is 19.3. The summed E-state index contributed by atoms with van der Waals surface area (Å²) >= 11 is 0. The summed E-state index contributed by atoms with van der Waals surface area (Å²) in [6.45, 7) is 13.7. The molecule has 0 spiro atoms. The van der Waals surface area contributed by atoms with Gasteiger partial charge in [0.1, 0.15) is 11.9 Å². The molecule has 0 aliphatic rings. The Morgan fingerprint density at radius 1 is 0.482 bits per heavy atom. The van der Waals surface area contributed by atoms with Crippen molar-refractivity contribution >= 4 is 34.1 Å². The Morgan fingerprint density at radius 2 is 0.804 bits per heavy atom. The van der Waals surface area contributed by atoms with E-state index in [0.29, 0.717) is 32.2 Å². The highest BCUT2D eigenvalue weighted by Gasteiger charge is 2.18. The molecule has 0 saturated heterocycles. The first-order valence-electron chi connectivity index (χ1n) is 19.3. The fraction of sp³-hybridized carbons (Fsp3) is 0.200. The maximum atomic E-state index is 10.5. The molecule has 0 aliphatic carbocycles. The molecule has 6 nitrogen and oxygen atoms in total. The summed E-state index contributed by atoms with van der Waals surface area (Å²) in [6.07, 6.45) is 4.93. The van der Waals surface area contributed by atoms with E-state index >= 15 is 0 Å². The van der Waals surface area contributed by atoms with Gasteiger partial charge in [0, 0.05) is 34.1 Å². The molecule has 286 valence electrons. The van der Waals surface area contributed by atoms with E-state index in [-0.39, 0.29) is 6.61 Å². The Kier molecular flexibility index (Phi) is 14.3.